The molecule has 3 nitrogen and oxygen atoms in total. The Labute approximate surface area is 144 Å². The van der Waals surface area contributed by atoms with Crippen LogP contribution in [0.4, 0.5) is 4.39 Å². The molecule has 0 aliphatic carbocycles. The molecule has 0 saturated carbocycles. The number of quaternary nitrogens is 1. The highest BCUT2D eigenvalue weighted by Gasteiger charge is 2.14. The average Bonchev–Trinajstić information content (AvgIpc) is 2.61. The van der Waals surface area contributed by atoms with Crippen LogP contribution in [0.15, 0.2) is 42.5 Å². The largest absolute Gasteiger partial charge is 0.493 e. The van der Waals surface area contributed by atoms with Crippen molar-refractivity contribution in [3.63, 3.8) is 0 Å². The fourth-order valence-electron chi connectivity index (χ4n) is 2.77. The van der Waals surface area contributed by atoms with Crippen LogP contribution in [0.2, 0.25) is 0 Å². The molecule has 130 valence electrons. The van der Waals surface area contributed by atoms with Crippen molar-refractivity contribution in [2.75, 3.05) is 27.8 Å². The van der Waals surface area contributed by atoms with Gasteiger partial charge >= 0.3 is 0 Å². The minimum atomic E-state index is -0.180. The first-order valence-electron chi connectivity index (χ1n) is 8.31. The van der Waals surface area contributed by atoms with Crippen LogP contribution in [-0.2, 0) is 12.8 Å². The van der Waals surface area contributed by atoms with Crippen LogP contribution < -0.4 is 14.4 Å². The second-order valence-corrected chi connectivity index (χ2v) is 6.27. The third-order valence-electron chi connectivity index (χ3n) is 4.55. The van der Waals surface area contributed by atoms with E-state index in [1.807, 2.05) is 24.3 Å². The maximum atomic E-state index is 13.0. The molecule has 0 fully saturated rings. The standard InChI is InChI=1S/C20H26FNO2/c1-15(13-16-5-8-18(21)9-6-16)22(2)12-11-17-7-10-19(23-3)20(14-17)24-4/h5-10,14-15H,11-13H2,1-4H3/p+1/t15-/m0/s1. The molecule has 2 aromatic carbocycles. The first-order chi connectivity index (χ1) is 11.5. The zero-order valence-corrected chi connectivity index (χ0v) is 14.9. The molecule has 24 heavy (non-hydrogen) atoms. The molecule has 0 heterocycles. The number of benzene rings is 2. The van der Waals surface area contributed by atoms with Gasteiger partial charge in [-0.2, -0.15) is 0 Å². The monoisotopic (exact) mass is 332 g/mol. The second-order valence-electron chi connectivity index (χ2n) is 6.27. The Kier molecular flexibility index (Phi) is 6.62. The summed E-state index contributed by atoms with van der Waals surface area (Å²) in [5.41, 5.74) is 2.41. The molecule has 0 spiro atoms. The van der Waals surface area contributed by atoms with Gasteiger partial charge in [-0.3, -0.25) is 0 Å². The number of hydrogen-bond donors (Lipinski definition) is 1. The van der Waals surface area contributed by atoms with Crippen molar-refractivity contribution < 1.29 is 18.8 Å². The van der Waals surface area contributed by atoms with E-state index in [1.165, 1.54) is 28.2 Å². The molecule has 1 N–H and O–H groups in total. The summed E-state index contributed by atoms with van der Waals surface area (Å²) in [6, 6.07) is 13.3. The Morgan fingerprint density at radius 2 is 1.58 bits per heavy atom. The maximum Gasteiger partial charge on any atom is 0.160 e. The molecule has 0 radical (unpaired) electrons. The van der Waals surface area contributed by atoms with E-state index < -0.39 is 0 Å². The number of nitrogens with one attached hydrogen (secondary N) is 1. The molecular weight excluding hydrogens is 305 g/mol. The van der Waals surface area contributed by atoms with E-state index in [-0.39, 0.29) is 5.82 Å². The number of methoxy groups -OCH3 is 2. The molecule has 4 heteroatoms. The number of likely N-dealkylation sites (N-methyl/N-ethyl adjacent to an activating group) is 1. The topological polar surface area (TPSA) is 22.9 Å². The minimum absolute atomic E-state index is 0.180. The molecule has 0 aromatic heterocycles. The van der Waals surface area contributed by atoms with Crippen molar-refractivity contribution in [3.8, 4) is 11.5 Å². The van der Waals surface area contributed by atoms with Gasteiger partial charge < -0.3 is 14.4 Å². The molecule has 0 saturated heterocycles. The van der Waals surface area contributed by atoms with Crippen LogP contribution in [0.5, 0.6) is 11.5 Å². The summed E-state index contributed by atoms with van der Waals surface area (Å²) in [6.45, 7) is 3.26. The lowest BCUT2D eigenvalue weighted by molar-refractivity contribution is -0.903. The zero-order valence-electron chi connectivity index (χ0n) is 14.9. The van der Waals surface area contributed by atoms with Crippen LogP contribution in [0.25, 0.3) is 0 Å². The Balaban J connectivity index is 1.89. The Bertz CT molecular complexity index is 643. The lowest BCUT2D eigenvalue weighted by atomic mass is 10.1. The van der Waals surface area contributed by atoms with E-state index in [1.54, 1.807) is 14.2 Å². The molecule has 0 aliphatic heterocycles. The van der Waals surface area contributed by atoms with Gasteiger partial charge in [0.15, 0.2) is 11.5 Å². The predicted molar refractivity (Wildman–Crippen MR) is 94.6 cm³/mol. The molecule has 0 aliphatic rings. The van der Waals surface area contributed by atoms with Crippen molar-refractivity contribution in [2.24, 2.45) is 0 Å². The van der Waals surface area contributed by atoms with Crippen LogP contribution in [-0.4, -0.2) is 33.9 Å². The molecule has 2 atom stereocenters. The summed E-state index contributed by atoms with van der Waals surface area (Å²) >= 11 is 0. The summed E-state index contributed by atoms with van der Waals surface area (Å²) < 4.78 is 23.6. The van der Waals surface area contributed by atoms with Gasteiger partial charge in [-0.1, -0.05) is 18.2 Å². The number of rotatable bonds is 8. The van der Waals surface area contributed by atoms with Crippen molar-refractivity contribution >= 4 is 0 Å². The van der Waals surface area contributed by atoms with Gasteiger partial charge in [-0.15, -0.1) is 0 Å². The summed E-state index contributed by atoms with van der Waals surface area (Å²) in [7, 11) is 5.51. The number of ether oxygens (including phenoxy) is 2. The van der Waals surface area contributed by atoms with Crippen molar-refractivity contribution in [1.82, 2.24) is 0 Å². The zero-order chi connectivity index (χ0) is 17.5. The quantitative estimate of drug-likeness (QED) is 0.803. The van der Waals surface area contributed by atoms with E-state index >= 15 is 0 Å². The van der Waals surface area contributed by atoms with E-state index in [2.05, 4.69) is 20.0 Å². The van der Waals surface area contributed by atoms with E-state index in [4.69, 9.17) is 9.47 Å². The van der Waals surface area contributed by atoms with Gasteiger partial charge in [-0.25, -0.2) is 4.39 Å². The van der Waals surface area contributed by atoms with Gasteiger partial charge in [0.25, 0.3) is 0 Å². The van der Waals surface area contributed by atoms with Crippen LogP contribution >= 0.6 is 0 Å². The van der Waals surface area contributed by atoms with E-state index in [0.29, 0.717) is 6.04 Å². The third-order valence-corrected chi connectivity index (χ3v) is 4.55. The molecule has 2 aromatic rings. The highest BCUT2D eigenvalue weighted by Crippen LogP contribution is 2.27. The second kappa shape index (κ2) is 8.69. The molecule has 1 unspecified atom stereocenters. The van der Waals surface area contributed by atoms with Crippen LogP contribution in [0.3, 0.4) is 0 Å². The van der Waals surface area contributed by atoms with E-state index in [9.17, 15) is 4.39 Å². The predicted octanol–water partition coefficient (Wildman–Crippen LogP) is 2.53. The fraction of sp³-hybridized carbons (Fsp3) is 0.400. The van der Waals surface area contributed by atoms with Crippen LogP contribution in [0, 0.1) is 5.82 Å². The SMILES string of the molecule is COc1ccc(CC[NH+](C)[C@@H](C)Cc2ccc(F)cc2)cc1OC. The highest BCUT2D eigenvalue weighted by atomic mass is 19.1. The normalized spacial score (nSPS) is 13.4. The fourth-order valence-corrected chi connectivity index (χ4v) is 2.77. The Morgan fingerprint density at radius 3 is 2.21 bits per heavy atom. The van der Waals surface area contributed by atoms with Gasteiger partial charge in [0, 0.05) is 12.8 Å². The minimum Gasteiger partial charge on any atom is -0.493 e. The van der Waals surface area contributed by atoms with Gasteiger partial charge in [0.2, 0.25) is 0 Å². The van der Waals surface area contributed by atoms with E-state index in [0.717, 1.165) is 30.9 Å². The van der Waals surface area contributed by atoms with Crippen molar-refractivity contribution in [1.29, 1.82) is 0 Å². The molecule has 2 rings (SSSR count). The van der Waals surface area contributed by atoms with Crippen molar-refractivity contribution in [2.45, 2.75) is 25.8 Å². The molecule has 0 bridgehead atoms. The Hall–Kier alpha value is -2.07. The van der Waals surface area contributed by atoms with Gasteiger partial charge in [-0.05, 0) is 42.3 Å². The highest BCUT2D eigenvalue weighted by molar-refractivity contribution is 5.42. The lowest BCUT2D eigenvalue weighted by Crippen LogP contribution is -3.13. The summed E-state index contributed by atoms with van der Waals surface area (Å²) in [5.74, 6) is 1.35. The average molecular weight is 332 g/mol. The molecule has 0 amide bonds. The van der Waals surface area contributed by atoms with Crippen molar-refractivity contribution in [3.05, 3.63) is 59.4 Å². The lowest BCUT2D eigenvalue weighted by Gasteiger charge is -2.22. The van der Waals surface area contributed by atoms with Crippen LogP contribution in [0.1, 0.15) is 18.1 Å². The Morgan fingerprint density at radius 1 is 0.958 bits per heavy atom. The van der Waals surface area contributed by atoms with Gasteiger partial charge in [0.1, 0.15) is 5.82 Å². The third kappa shape index (κ3) is 4.96. The smallest absolute Gasteiger partial charge is 0.160 e. The summed E-state index contributed by atoms with van der Waals surface area (Å²) in [6.07, 6.45) is 1.91. The van der Waals surface area contributed by atoms with Gasteiger partial charge in [0.05, 0.1) is 33.9 Å². The first kappa shape index (κ1) is 18.3. The first-order valence-corrected chi connectivity index (χ1v) is 8.31. The number of hydrogen-bond acceptors (Lipinski definition) is 2. The summed E-state index contributed by atoms with van der Waals surface area (Å²) in [4.78, 5) is 1.45. The summed E-state index contributed by atoms with van der Waals surface area (Å²) in [5, 5.41) is 0. The molecular formula is C20H27FNO2+. The number of halogens is 1. The maximum absolute atomic E-state index is 13.0.